The summed E-state index contributed by atoms with van der Waals surface area (Å²) in [6.45, 7) is 11.0. The molecule has 0 aromatic carbocycles. The van der Waals surface area contributed by atoms with E-state index < -0.39 is 10.0 Å². The summed E-state index contributed by atoms with van der Waals surface area (Å²) in [5.74, 6) is 1.47. The molecule has 0 bridgehead atoms. The van der Waals surface area contributed by atoms with Crippen LogP contribution >= 0.6 is 0 Å². The maximum absolute atomic E-state index is 13.1. The highest BCUT2D eigenvalue weighted by atomic mass is 32.2. The minimum absolute atomic E-state index is 0.0646. The van der Waals surface area contributed by atoms with Crippen molar-refractivity contribution in [3.63, 3.8) is 0 Å². The zero-order chi connectivity index (χ0) is 22.3. The summed E-state index contributed by atoms with van der Waals surface area (Å²) in [6, 6.07) is 5.50. The van der Waals surface area contributed by atoms with Crippen molar-refractivity contribution in [3.8, 4) is 0 Å². The van der Waals surface area contributed by atoms with Gasteiger partial charge in [0.25, 0.3) is 5.91 Å². The lowest BCUT2D eigenvalue weighted by Gasteiger charge is -2.36. The van der Waals surface area contributed by atoms with Gasteiger partial charge in [-0.1, -0.05) is 6.07 Å². The number of carbonyl (C=O) groups is 1. The van der Waals surface area contributed by atoms with Crippen molar-refractivity contribution in [2.45, 2.75) is 34.1 Å². The predicted molar refractivity (Wildman–Crippen MR) is 121 cm³/mol. The second-order valence-electron chi connectivity index (χ2n) is 8.35. The van der Waals surface area contributed by atoms with Crippen LogP contribution in [0.2, 0.25) is 0 Å². The van der Waals surface area contributed by atoms with E-state index in [2.05, 4.69) is 29.8 Å². The SMILES string of the molecule is Cc1cc(C)c(N2CCN(C(=O)c3ccc(N4CCCS4(=O)=O)nc3C)CC2)nc1C. The van der Waals surface area contributed by atoms with Crippen LogP contribution in [0, 0.1) is 27.7 Å². The molecule has 2 aromatic rings. The monoisotopic (exact) mass is 443 g/mol. The van der Waals surface area contributed by atoms with E-state index in [1.165, 1.54) is 9.87 Å². The lowest BCUT2D eigenvalue weighted by atomic mass is 10.1. The number of anilines is 2. The third-order valence-electron chi connectivity index (χ3n) is 6.15. The van der Waals surface area contributed by atoms with Gasteiger partial charge in [0.05, 0.1) is 17.0 Å². The maximum Gasteiger partial charge on any atom is 0.255 e. The first-order chi connectivity index (χ1) is 14.7. The van der Waals surface area contributed by atoms with Crippen molar-refractivity contribution in [3.05, 3.63) is 46.3 Å². The molecule has 2 aromatic heterocycles. The van der Waals surface area contributed by atoms with Gasteiger partial charge in [-0.2, -0.15) is 0 Å². The summed E-state index contributed by atoms with van der Waals surface area (Å²) in [5, 5.41) is 0. The van der Waals surface area contributed by atoms with Gasteiger partial charge in [-0.3, -0.25) is 9.10 Å². The predicted octanol–water partition coefficient (Wildman–Crippen LogP) is 2.21. The number of piperazine rings is 1. The van der Waals surface area contributed by atoms with E-state index in [0.717, 1.165) is 30.2 Å². The highest BCUT2D eigenvalue weighted by molar-refractivity contribution is 7.93. The Bertz CT molecular complexity index is 1120. The summed E-state index contributed by atoms with van der Waals surface area (Å²) in [7, 11) is -3.29. The standard InChI is InChI=1S/C22H29N5O3S/c1-15-14-16(2)21(24-17(15)3)25-9-11-26(12-10-25)22(28)19-6-7-20(23-18(19)4)27-8-5-13-31(27,29)30/h6-7,14H,5,8-13H2,1-4H3. The van der Waals surface area contributed by atoms with Gasteiger partial charge in [-0.05, 0) is 57.4 Å². The molecule has 4 heterocycles. The van der Waals surface area contributed by atoms with E-state index in [0.29, 0.717) is 43.1 Å². The second-order valence-corrected chi connectivity index (χ2v) is 10.4. The Morgan fingerprint density at radius 3 is 2.23 bits per heavy atom. The van der Waals surface area contributed by atoms with E-state index in [1.54, 1.807) is 19.1 Å². The summed E-state index contributed by atoms with van der Waals surface area (Å²) in [5.41, 5.74) is 4.44. The van der Waals surface area contributed by atoms with Crippen LogP contribution in [-0.2, 0) is 10.0 Å². The van der Waals surface area contributed by atoms with Crippen molar-refractivity contribution < 1.29 is 13.2 Å². The molecule has 0 spiro atoms. The normalized spacial score (nSPS) is 18.5. The molecule has 2 saturated heterocycles. The fourth-order valence-electron chi connectivity index (χ4n) is 4.25. The molecule has 2 aliphatic heterocycles. The number of hydrogen-bond acceptors (Lipinski definition) is 6. The Morgan fingerprint density at radius 2 is 1.61 bits per heavy atom. The summed E-state index contributed by atoms with van der Waals surface area (Å²) in [4.78, 5) is 26.4. The molecule has 4 rings (SSSR count). The molecule has 2 aliphatic rings. The van der Waals surface area contributed by atoms with Gasteiger partial charge in [0.2, 0.25) is 10.0 Å². The zero-order valence-electron chi connectivity index (χ0n) is 18.6. The Labute approximate surface area is 183 Å². The number of rotatable bonds is 3. The number of nitrogens with zero attached hydrogens (tertiary/aromatic N) is 5. The van der Waals surface area contributed by atoms with Crippen LogP contribution in [0.1, 0.15) is 39.3 Å². The molecule has 0 unspecified atom stereocenters. The molecule has 0 N–H and O–H groups in total. The summed E-state index contributed by atoms with van der Waals surface area (Å²) in [6.07, 6.45) is 0.600. The van der Waals surface area contributed by atoms with E-state index in [4.69, 9.17) is 4.98 Å². The lowest BCUT2D eigenvalue weighted by Crippen LogP contribution is -2.49. The zero-order valence-corrected chi connectivity index (χ0v) is 19.4. The number of sulfonamides is 1. The van der Waals surface area contributed by atoms with Crippen molar-refractivity contribution in [1.82, 2.24) is 14.9 Å². The Morgan fingerprint density at radius 1 is 0.903 bits per heavy atom. The molecule has 9 heteroatoms. The van der Waals surface area contributed by atoms with Crippen molar-refractivity contribution in [1.29, 1.82) is 0 Å². The largest absolute Gasteiger partial charge is 0.353 e. The number of amides is 1. The highest BCUT2D eigenvalue weighted by Crippen LogP contribution is 2.25. The quantitative estimate of drug-likeness (QED) is 0.723. The Balaban J connectivity index is 1.46. The molecule has 31 heavy (non-hydrogen) atoms. The van der Waals surface area contributed by atoms with Gasteiger partial charge in [0.1, 0.15) is 11.6 Å². The molecule has 0 aliphatic carbocycles. The first kappa shape index (κ1) is 21.5. The van der Waals surface area contributed by atoms with Gasteiger partial charge in [0.15, 0.2) is 0 Å². The minimum atomic E-state index is -3.29. The van der Waals surface area contributed by atoms with Gasteiger partial charge in [-0.15, -0.1) is 0 Å². The molecular weight excluding hydrogens is 414 g/mol. The molecule has 8 nitrogen and oxygen atoms in total. The molecule has 1 amide bonds. The average molecular weight is 444 g/mol. The molecular formula is C22H29N5O3S. The molecule has 166 valence electrons. The van der Waals surface area contributed by atoms with Gasteiger partial charge < -0.3 is 9.80 Å². The van der Waals surface area contributed by atoms with E-state index in [-0.39, 0.29) is 11.7 Å². The van der Waals surface area contributed by atoms with Crippen LogP contribution in [0.3, 0.4) is 0 Å². The molecule has 0 saturated carbocycles. The number of aryl methyl sites for hydroxylation is 4. The first-order valence-corrected chi connectivity index (χ1v) is 12.3. The van der Waals surface area contributed by atoms with Crippen LogP contribution in [-0.4, -0.2) is 67.7 Å². The van der Waals surface area contributed by atoms with Gasteiger partial charge >= 0.3 is 0 Å². The fourth-order valence-corrected chi connectivity index (χ4v) is 5.76. The fraction of sp³-hybridized carbons (Fsp3) is 0.500. The molecule has 2 fully saturated rings. The second kappa shape index (κ2) is 8.11. The van der Waals surface area contributed by atoms with Crippen LogP contribution < -0.4 is 9.21 Å². The molecule has 0 atom stereocenters. The third kappa shape index (κ3) is 4.11. The van der Waals surface area contributed by atoms with Gasteiger partial charge in [0, 0.05) is 38.4 Å². The Hall–Kier alpha value is -2.68. The highest BCUT2D eigenvalue weighted by Gasteiger charge is 2.30. The van der Waals surface area contributed by atoms with Crippen LogP contribution in [0.4, 0.5) is 11.6 Å². The first-order valence-electron chi connectivity index (χ1n) is 10.6. The number of pyridine rings is 2. The number of hydrogen-bond donors (Lipinski definition) is 0. The molecule has 0 radical (unpaired) electrons. The van der Waals surface area contributed by atoms with Crippen LogP contribution in [0.15, 0.2) is 18.2 Å². The van der Waals surface area contributed by atoms with E-state index >= 15 is 0 Å². The maximum atomic E-state index is 13.1. The third-order valence-corrected chi connectivity index (χ3v) is 8.00. The van der Waals surface area contributed by atoms with Gasteiger partial charge in [-0.25, -0.2) is 18.4 Å². The topological polar surface area (TPSA) is 86.7 Å². The van der Waals surface area contributed by atoms with E-state index in [1.807, 2.05) is 11.8 Å². The minimum Gasteiger partial charge on any atom is -0.353 e. The smallest absolute Gasteiger partial charge is 0.255 e. The van der Waals surface area contributed by atoms with Crippen LogP contribution in [0.5, 0.6) is 0 Å². The van der Waals surface area contributed by atoms with Crippen LogP contribution in [0.25, 0.3) is 0 Å². The summed E-state index contributed by atoms with van der Waals surface area (Å²) < 4.78 is 25.6. The lowest BCUT2D eigenvalue weighted by molar-refractivity contribution is 0.0745. The summed E-state index contributed by atoms with van der Waals surface area (Å²) >= 11 is 0. The van der Waals surface area contributed by atoms with Crippen molar-refractivity contribution in [2.24, 2.45) is 0 Å². The number of carbonyl (C=O) groups excluding carboxylic acids is 1. The average Bonchev–Trinajstić information content (AvgIpc) is 3.09. The van der Waals surface area contributed by atoms with Crippen molar-refractivity contribution >= 4 is 27.6 Å². The van der Waals surface area contributed by atoms with Crippen molar-refractivity contribution in [2.75, 3.05) is 47.7 Å². The Kier molecular flexibility index (Phi) is 5.63. The van der Waals surface area contributed by atoms with E-state index in [9.17, 15) is 13.2 Å². The number of aromatic nitrogens is 2.